The second-order valence-corrected chi connectivity index (χ2v) is 5.55. The van der Waals surface area contributed by atoms with E-state index < -0.39 is 21.4 Å². The third-order valence-corrected chi connectivity index (χ3v) is 3.53. The van der Waals surface area contributed by atoms with Crippen LogP contribution in [0.15, 0.2) is 18.2 Å². The standard InChI is InChI=1S/C11H9F3O5S/c12-11(13,14)20(16,17)19-7-3-4-8-9(15)2-1-5-18-10(8)6-7/h3-4,6H,1-2,5H2. The summed E-state index contributed by atoms with van der Waals surface area (Å²) in [5, 5.41) is 0. The Bertz CT molecular complexity index is 636. The van der Waals surface area contributed by atoms with E-state index in [-0.39, 0.29) is 30.1 Å². The van der Waals surface area contributed by atoms with Gasteiger partial charge in [0.25, 0.3) is 0 Å². The quantitative estimate of drug-likeness (QED) is 0.619. The fraction of sp³-hybridized carbons (Fsp3) is 0.364. The minimum Gasteiger partial charge on any atom is -0.493 e. The highest BCUT2D eigenvalue weighted by atomic mass is 32.2. The summed E-state index contributed by atoms with van der Waals surface area (Å²) >= 11 is 0. The van der Waals surface area contributed by atoms with Crippen LogP contribution in [0.3, 0.4) is 0 Å². The molecule has 0 amide bonds. The van der Waals surface area contributed by atoms with Gasteiger partial charge >= 0.3 is 15.6 Å². The van der Waals surface area contributed by atoms with Gasteiger partial charge in [0, 0.05) is 12.5 Å². The molecular weight excluding hydrogens is 301 g/mol. The van der Waals surface area contributed by atoms with Gasteiger partial charge in [0.1, 0.15) is 11.5 Å². The van der Waals surface area contributed by atoms with Gasteiger partial charge in [-0.05, 0) is 18.6 Å². The normalized spacial score (nSPS) is 16.1. The molecule has 0 bridgehead atoms. The number of ether oxygens (including phenoxy) is 1. The molecule has 20 heavy (non-hydrogen) atoms. The summed E-state index contributed by atoms with van der Waals surface area (Å²) in [6.45, 7) is 0.216. The molecule has 110 valence electrons. The fourth-order valence-electron chi connectivity index (χ4n) is 1.63. The number of ketones is 1. The van der Waals surface area contributed by atoms with Gasteiger partial charge in [-0.2, -0.15) is 21.6 Å². The number of Topliss-reactive ketones (excluding diaryl/α,β-unsaturated/α-hetero) is 1. The first kappa shape index (κ1) is 14.6. The van der Waals surface area contributed by atoms with Gasteiger partial charge < -0.3 is 8.92 Å². The Morgan fingerprint density at radius 2 is 1.95 bits per heavy atom. The third kappa shape index (κ3) is 2.87. The van der Waals surface area contributed by atoms with Crippen molar-refractivity contribution in [2.45, 2.75) is 18.3 Å². The fourth-order valence-corrected chi connectivity index (χ4v) is 2.08. The van der Waals surface area contributed by atoms with E-state index in [1.807, 2.05) is 0 Å². The summed E-state index contributed by atoms with van der Waals surface area (Å²) in [5.74, 6) is -0.763. The van der Waals surface area contributed by atoms with Crippen molar-refractivity contribution in [2.24, 2.45) is 0 Å². The molecule has 0 fully saturated rings. The van der Waals surface area contributed by atoms with Gasteiger partial charge in [-0.25, -0.2) is 0 Å². The Labute approximate surface area is 112 Å². The van der Waals surface area contributed by atoms with E-state index >= 15 is 0 Å². The highest BCUT2D eigenvalue weighted by molar-refractivity contribution is 7.88. The van der Waals surface area contributed by atoms with Crippen molar-refractivity contribution >= 4 is 15.9 Å². The molecule has 0 aliphatic carbocycles. The molecule has 9 heteroatoms. The van der Waals surface area contributed by atoms with Crippen molar-refractivity contribution < 1.29 is 35.3 Å². The number of carbonyl (C=O) groups is 1. The zero-order valence-corrected chi connectivity index (χ0v) is 10.8. The zero-order chi connectivity index (χ0) is 15.0. The molecule has 0 N–H and O–H groups in total. The van der Waals surface area contributed by atoms with E-state index in [2.05, 4.69) is 4.18 Å². The predicted molar refractivity (Wildman–Crippen MR) is 61.1 cm³/mol. The maximum Gasteiger partial charge on any atom is 0.534 e. The number of fused-ring (bicyclic) bond motifs is 1. The topological polar surface area (TPSA) is 69.7 Å². The molecule has 1 aliphatic rings. The minimum absolute atomic E-state index is 0.0161. The molecule has 0 aromatic heterocycles. The first-order valence-electron chi connectivity index (χ1n) is 5.51. The molecule has 1 aromatic carbocycles. The van der Waals surface area contributed by atoms with Crippen molar-refractivity contribution in [3.63, 3.8) is 0 Å². The number of halogens is 3. The monoisotopic (exact) mass is 310 g/mol. The van der Waals surface area contributed by atoms with E-state index in [0.717, 1.165) is 12.1 Å². The molecular formula is C11H9F3O5S. The van der Waals surface area contributed by atoms with E-state index in [4.69, 9.17) is 4.74 Å². The second kappa shape index (κ2) is 4.97. The number of alkyl halides is 3. The Morgan fingerprint density at radius 1 is 1.25 bits per heavy atom. The molecule has 5 nitrogen and oxygen atoms in total. The third-order valence-electron chi connectivity index (χ3n) is 2.55. The Balaban J connectivity index is 2.33. The van der Waals surface area contributed by atoms with Crippen LogP contribution in [-0.2, 0) is 10.1 Å². The van der Waals surface area contributed by atoms with Crippen LogP contribution in [0.2, 0.25) is 0 Å². The first-order valence-corrected chi connectivity index (χ1v) is 6.92. The summed E-state index contributed by atoms with van der Waals surface area (Å²) in [5.41, 5.74) is -5.32. The second-order valence-electron chi connectivity index (χ2n) is 4.02. The largest absolute Gasteiger partial charge is 0.534 e. The molecule has 0 unspecified atom stereocenters. The van der Waals surface area contributed by atoms with Crippen LogP contribution in [-0.4, -0.2) is 26.3 Å². The molecule has 1 aromatic rings. The van der Waals surface area contributed by atoms with Crippen LogP contribution < -0.4 is 8.92 Å². The summed E-state index contributed by atoms with van der Waals surface area (Å²) < 4.78 is 67.4. The van der Waals surface area contributed by atoms with Crippen molar-refractivity contribution in [1.29, 1.82) is 0 Å². The summed E-state index contributed by atoms with van der Waals surface area (Å²) in [7, 11) is -5.74. The zero-order valence-electron chi connectivity index (χ0n) is 9.94. The van der Waals surface area contributed by atoms with Gasteiger partial charge in [-0.15, -0.1) is 0 Å². The number of hydrogen-bond acceptors (Lipinski definition) is 5. The van der Waals surface area contributed by atoms with Crippen molar-refractivity contribution in [2.75, 3.05) is 6.61 Å². The SMILES string of the molecule is O=C1CCCOc2cc(OS(=O)(=O)C(F)(F)F)ccc21. The maximum atomic E-state index is 12.2. The van der Waals surface area contributed by atoms with Gasteiger partial charge in [-0.3, -0.25) is 4.79 Å². The first-order chi connectivity index (χ1) is 9.21. The molecule has 2 rings (SSSR count). The number of hydrogen-bond donors (Lipinski definition) is 0. The lowest BCUT2D eigenvalue weighted by atomic mass is 10.1. The lowest BCUT2D eigenvalue weighted by Crippen LogP contribution is -2.28. The number of carbonyl (C=O) groups excluding carboxylic acids is 1. The molecule has 0 atom stereocenters. The summed E-state index contributed by atoms with van der Waals surface area (Å²) in [6.07, 6.45) is 0.735. The molecule has 1 aliphatic heterocycles. The van der Waals surface area contributed by atoms with E-state index in [0.29, 0.717) is 6.42 Å². The van der Waals surface area contributed by atoms with Crippen LogP contribution in [0.1, 0.15) is 23.2 Å². The lowest BCUT2D eigenvalue weighted by molar-refractivity contribution is -0.0500. The molecule has 0 spiro atoms. The number of benzene rings is 1. The lowest BCUT2D eigenvalue weighted by Gasteiger charge is -2.11. The molecule has 0 saturated heterocycles. The van der Waals surface area contributed by atoms with Crippen LogP contribution in [0.25, 0.3) is 0 Å². The minimum atomic E-state index is -5.74. The van der Waals surface area contributed by atoms with Crippen LogP contribution in [0.5, 0.6) is 11.5 Å². The Morgan fingerprint density at radius 3 is 2.60 bits per heavy atom. The molecule has 1 heterocycles. The smallest absolute Gasteiger partial charge is 0.493 e. The van der Waals surface area contributed by atoms with Crippen molar-refractivity contribution in [3.05, 3.63) is 23.8 Å². The van der Waals surface area contributed by atoms with Crippen LogP contribution in [0.4, 0.5) is 13.2 Å². The van der Waals surface area contributed by atoms with Crippen molar-refractivity contribution in [1.82, 2.24) is 0 Å². The average Bonchev–Trinajstić information content (AvgIpc) is 2.49. The summed E-state index contributed by atoms with van der Waals surface area (Å²) in [6, 6.07) is 3.13. The Kier molecular flexibility index (Phi) is 3.63. The van der Waals surface area contributed by atoms with Gasteiger partial charge in [0.2, 0.25) is 0 Å². The van der Waals surface area contributed by atoms with E-state index in [9.17, 15) is 26.4 Å². The van der Waals surface area contributed by atoms with Crippen LogP contribution in [0, 0.1) is 0 Å². The highest BCUT2D eigenvalue weighted by Gasteiger charge is 2.48. The molecule has 0 saturated carbocycles. The van der Waals surface area contributed by atoms with Crippen molar-refractivity contribution in [3.8, 4) is 11.5 Å². The highest BCUT2D eigenvalue weighted by Crippen LogP contribution is 2.32. The Hall–Kier alpha value is -1.77. The number of rotatable bonds is 2. The summed E-state index contributed by atoms with van der Waals surface area (Å²) in [4.78, 5) is 11.6. The van der Waals surface area contributed by atoms with Gasteiger partial charge in [0.15, 0.2) is 5.78 Å². The molecule has 0 radical (unpaired) electrons. The van der Waals surface area contributed by atoms with Gasteiger partial charge in [0.05, 0.1) is 12.2 Å². The maximum absolute atomic E-state index is 12.2. The van der Waals surface area contributed by atoms with Gasteiger partial charge in [-0.1, -0.05) is 0 Å². The predicted octanol–water partition coefficient (Wildman–Crippen LogP) is 2.27. The van der Waals surface area contributed by atoms with E-state index in [1.54, 1.807) is 0 Å². The van der Waals surface area contributed by atoms with Crippen LogP contribution >= 0.6 is 0 Å². The van der Waals surface area contributed by atoms with E-state index in [1.165, 1.54) is 6.07 Å². The average molecular weight is 310 g/mol.